The van der Waals surface area contributed by atoms with Gasteiger partial charge in [-0.15, -0.1) is 11.3 Å². The van der Waals surface area contributed by atoms with Gasteiger partial charge in [-0.25, -0.2) is 4.79 Å². The maximum atomic E-state index is 10.00. The van der Waals surface area contributed by atoms with Gasteiger partial charge in [0.2, 0.25) is 6.08 Å². The molecule has 1 aromatic carbocycles. The van der Waals surface area contributed by atoms with Crippen LogP contribution < -0.4 is 0 Å². The molecular formula is C11H7NOS. The average Bonchev–Trinajstić information content (AvgIpc) is 2.72. The number of hydrogen-bond acceptors (Lipinski definition) is 3. The van der Waals surface area contributed by atoms with E-state index in [1.807, 2.05) is 23.6 Å². The van der Waals surface area contributed by atoms with Crippen LogP contribution in [0.2, 0.25) is 0 Å². The van der Waals surface area contributed by atoms with E-state index >= 15 is 0 Å². The van der Waals surface area contributed by atoms with Crippen LogP contribution in [-0.4, -0.2) is 6.08 Å². The summed E-state index contributed by atoms with van der Waals surface area (Å²) >= 11 is 1.69. The highest BCUT2D eigenvalue weighted by atomic mass is 32.1. The predicted octanol–water partition coefficient (Wildman–Crippen LogP) is 3.38. The van der Waals surface area contributed by atoms with Crippen LogP contribution in [0.1, 0.15) is 0 Å². The number of isocyanates is 1. The molecule has 0 bridgehead atoms. The quantitative estimate of drug-likeness (QED) is 0.541. The van der Waals surface area contributed by atoms with Crippen molar-refractivity contribution in [3.63, 3.8) is 0 Å². The summed E-state index contributed by atoms with van der Waals surface area (Å²) in [5.74, 6) is 0. The molecule has 0 spiro atoms. The third-order valence-corrected chi connectivity index (χ3v) is 2.77. The van der Waals surface area contributed by atoms with E-state index in [2.05, 4.69) is 11.1 Å². The molecule has 0 atom stereocenters. The molecule has 2 aromatic rings. The van der Waals surface area contributed by atoms with Crippen LogP contribution in [-0.2, 0) is 4.79 Å². The molecular weight excluding hydrogens is 194 g/mol. The number of thiophene rings is 1. The summed E-state index contributed by atoms with van der Waals surface area (Å²) in [5, 5.41) is 2.03. The second-order valence-electron chi connectivity index (χ2n) is 2.73. The van der Waals surface area contributed by atoms with E-state index in [1.54, 1.807) is 23.5 Å². The van der Waals surface area contributed by atoms with Crippen molar-refractivity contribution in [3.05, 3.63) is 41.8 Å². The van der Waals surface area contributed by atoms with Crippen molar-refractivity contribution in [2.75, 3.05) is 0 Å². The molecule has 68 valence electrons. The van der Waals surface area contributed by atoms with Crippen LogP contribution in [0.4, 0.5) is 5.69 Å². The lowest BCUT2D eigenvalue weighted by Gasteiger charge is -1.96. The first-order valence-electron chi connectivity index (χ1n) is 4.12. The summed E-state index contributed by atoms with van der Waals surface area (Å²) < 4.78 is 0. The normalized spacial score (nSPS) is 9.43. The Morgan fingerprint density at radius 1 is 1.14 bits per heavy atom. The Kier molecular flexibility index (Phi) is 2.54. The molecule has 0 amide bonds. The Balaban J connectivity index is 2.35. The number of benzene rings is 1. The minimum Gasteiger partial charge on any atom is -0.211 e. The molecule has 0 unspecified atom stereocenters. The van der Waals surface area contributed by atoms with Gasteiger partial charge in [0.25, 0.3) is 0 Å². The number of rotatable bonds is 2. The SMILES string of the molecule is O=C=Nc1ccc(-c2cccs2)cc1. The molecule has 0 aliphatic rings. The van der Waals surface area contributed by atoms with Gasteiger partial charge in [-0.3, -0.25) is 0 Å². The second-order valence-corrected chi connectivity index (χ2v) is 3.67. The topological polar surface area (TPSA) is 29.4 Å². The Hall–Kier alpha value is -1.70. The molecule has 2 rings (SSSR count). The molecule has 1 heterocycles. The third kappa shape index (κ3) is 1.79. The van der Waals surface area contributed by atoms with E-state index in [0.29, 0.717) is 5.69 Å². The fraction of sp³-hybridized carbons (Fsp3) is 0. The van der Waals surface area contributed by atoms with Crippen molar-refractivity contribution in [1.29, 1.82) is 0 Å². The third-order valence-electron chi connectivity index (χ3n) is 1.85. The van der Waals surface area contributed by atoms with Crippen LogP contribution in [0, 0.1) is 0 Å². The monoisotopic (exact) mass is 201 g/mol. The zero-order valence-corrected chi connectivity index (χ0v) is 8.12. The predicted molar refractivity (Wildman–Crippen MR) is 57.5 cm³/mol. The summed E-state index contributed by atoms with van der Waals surface area (Å²) in [5.41, 5.74) is 1.78. The number of nitrogens with zero attached hydrogens (tertiary/aromatic N) is 1. The smallest absolute Gasteiger partial charge is 0.211 e. The fourth-order valence-corrected chi connectivity index (χ4v) is 1.93. The summed E-state index contributed by atoms with van der Waals surface area (Å²) in [6.45, 7) is 0. The molecule has 14 heavy (non-hydrogen) atoms. The first-order chi connectivity index (χ1) is 6.90. The van der Waals surface area contributed by atoms with Crippen LogP contribution in [0.3, 0.4) is 0 Å². The molecule has 0 fully saturated rings. The lowest BCUT2D eigenvalue weighted by molar-refractivity contribution is 0.565. The molecule has 0 N–H and O–H groups in total. The zero-order valence-electron chi connectivity index (χ0n) is 7.31. The summed E-state index contributed by atoms with van der Waals surface area (Å²) in [6, 6.07) is 11.6. The minimum absolute atomic E-state index is 0.639. The van der Waals surface area contributed by atoms with E-state index in [1.165, 1.54) is 11.0 Å². The molecule has 0 saturated carbocycles. The molecule has 3 heteroatoms. The van der Waals surface area contributed by atoms with Gasteiger partial charge >= 0.3 is 0 Å². The molecule has 0 saturated heterocycles. The Labute approximate surface area is 85.6 Å². The van der Waals surface area contributed by atoms with E-state index < -0.39 is 0 Å². The Morgan fingerprint density at radius 2 is 1.93 bits per heavy atom. The molecule has 0 aliphatic carbocycles. The summed E-state index contributed by atoms with van der Waals surface area (Å²) in [6.07, 6.45) is 1.52. The van der Waals surface area contributed by atoms with Crippen molar-refractivity contribution in [1.82, 2.24) is 0 Å². The number of aliphatic imine (C=N–C) groups is 1. The van der Waals surface area contributed by atoms with Gasteiger partial charge in [0.1, 0.15) is 0 Å². The molecule has 2 nitrogen and oxygen atoms in total. The van der Waals surface area contributed by atoms with Gasteiger partial charge in [0, 0.05) is 4.88 Å². The van der Waals surface area contributed by atoms with Crippen molar-refractivity contribution in [3.8, 4) is 10.4 Å². The fourth-order valence-electron chi connectivity index (χ4n) is 1.20. The highest BCUT2D eigenvalue weighted by Gasteiger charge is 1.97. The van der Waals surface area contributed by atoms with Gasteiger partial charge in [-0.05, 0) is 29.1 Å². The standard InChI is InChI=1S/C11H7NOS/c13-8-12-10-5-3-9(4-6-10)11-2-1-7-14-11/h1-7H. The number of carbonyl (C=O) groups excluding carboxylic acids is 1. The maximum Gasteiger partial charge on any atom is 0.240 e. The van der Waals surface area contributed by atoms with Crippen LogP contribution in [0.5, 0.6) is 0 Å². The second kappa shape index (κ2) is 4.01. The average molecular weight is 201 g/mol. The van der Waals surface area contributed by atoms with Crippen LogP contribution >= 0.6 is 11.3 Å². The first kappa shape index (κ1) is 8.88. The van der Waals surface area contributed by atoms with Crippen LogP contribution in [0.25, 0.3) is 10.4 Å². The van der Waals surface area contributed by atoms with E-state index in [9.17, 15) is 4.79 Å². The zero-order chi connectivity index (χ0) is 9.80. The van der Waals surface area contributed by atoms with E-state index in [-0.39, 0.29) is 0 Å². The summed E-state index contributed by atoms with van der Waals surface area (Å²) in [7, 11) is 0. The van der Waals surface area contributed by atoms with Crippen LogP contribution in [0.15, 0.2) is 46.8 Å². The lowest BCUT2D eigenvalue weighted by Crippen LogP contribution is -1.70. The van der Waals surface area contributed by atoms with Gasteiger partial charge in [-0.1, -0.05) is 18.2 Å². The first-order valence-corrected chi connectivity index (χ1v) is 5.00. The van der Waals surface area contributed by atoms with Gasteiger partial charge in [0.05, 0.1) is 5.69 Å². The van der Waals surface area contributed by atoms with Gasteiger partial charge < -0.3 is 0 Å². The summed E-state index contributed by atoms with van der Waals surface area (Å²) in [4.78, 5) is 14.7. The maximum absolute atomic E-state index is 10.00. The molecule has 1 aromatic heterocycles. The molecule has 0 aliphatic heterocycles. The van der Waals surface area contributed by atoms with Crippen molar-refractivity contribution < 1.29 is 4.79 Å². The highest BCUT2D eigenvalue weighted by molar-refractivity contribution is 7.13. The largest absolute Gasteiger partial charge is 0.240 e. The number of hydrogen-bond donors (Lipinski definition) is 0. The minimum atomic E-state index is 0.639. The van der Waals surface area contributed by atoms with Crippen molar-refractivity contribution >= 4 is 23.1 Å². The highest BCUT2D eigenvalue weighted by Crippen LogP contribution is 2.26. The van der Waals surface area contributed by atoms with Crippen molar-refractivity contribution in [2.24, 2.45) is 4.99 Å². The Morgan fingerprint density at radius 3 is 2.50 bits per heavy atom. The van der Waals surface area contributed by atoms with E-state index in [4.69, 9.17) is 0 Å². The molecule has 0 radical (unpaired) electrons. The van der Waals surface area contributed by atoms with Gasteiger partial charge in [0.15, 0.2) is 0 Å². The van der Waals surface area contributed by atoms with Crippen molar-refractivity contribution in [2.45, 2.75) is 0 Å². The Bertz CT molecular complexity index is 453. The van der Waals surface area contributed by atoms with E-state index in [0.717, 1.165) is 5.56 Å². The van der Waals surface area contributed by atoms with Gasteiger partial charge in [-0.2, -0.15) is 4.99 Å². The lowest BCUT2D eigenvalue weighted by atomic mass is 10.2.